The van der Waals surface area contributed by atoms with E-state index in [1.807, 2.05) is 0 Å². The monoisotopic (exact) mass is 350 g/mol. The molecule has 0 fully saturated rings. The highest BCUT2D eigenvalue weighted by atomic mass is 14.4. The van der Waals surface area contributed by atoms with E-state index in [4.69, 9.17) is 0 Å². The van der Waals surface area contributed by atoms with E-state index in [1.54, 1.807) is 5.57 Å². The van der Waals surface area contributed by atoms with Crippen LogP contribution in [0.5, 0.6) is 0 Å². The first-order valence-electron chi connectivity index (χ1n) is 11.1. The summed E-state index contributed by atoms with van der Waals surface area (Å²) in [4.78, 5) is 0. The van der Waals surface area contributed by atoms with Gasteiger partial charge in [-0.05, 0) is 47.8 Å². The molecule has 0 heteroatoms. The number of allylic oxidation sites excluding steroid dienone is 2. The molecule has 0 heterocycles. The second kappa shape index (κ2) is 10.8. The Morgan fingerprint density at radius 3 is 1.88 bits per heavy atom. The average molecular weight is 351 g/mol. The molecule has 0 nitrogen and oxygen atoms in total. The van der Waals surface area contributed by atoms with Gasteiger partial charge in [0.2, 0.25) is 0 Å². The zero-order valence-electron chi connectivity index (χ0n) is 19.5. The van der Waals surface area contributed by atoms with E-state index in [1.165, 1.54) is 57.8 Å². The van der Waals surface area contributed by atoms with E-state index < -0.39 is 0 Å². The highest BCUT2D eigenvalue weighted by molar-refractivity contribution is 5.12. The summed E-state index contributed by atoms with van der Waals surface area (Å²) < 4.78 is 0. The van der Waals surface area contributed by atoms with Crippen molar-refractivity contribution < 1.29 is 0 Å². The number of hydrogen-bond acceptors (Lipinski definition) is 0. The van der Waals surface area contributed by atoms with Crippen molar-refractivity contribution in [2.75, 3.05) is 0 Å². The average Bonchev–Trinajstić information content (AvgIpc) is 2.49. The third-order valence-electron chi connectivity index (χ3n) is 6.86. The molecule has 0 rings (SSSR count). The molecule has 150 valence electrons. The van der Waals surface area contributed by atoms with Gasteiger partial charge in [0, 0.05) is 0 Å². The van der Waals surface area contributed by atoms with Gasteiger partial charge >= 0.3 is 0 Å². The third-order valence-corrected chi connectivity index (χ3v) is 6.86. The van der Waals surface area contributed by atoms with Crippen molar-refractivity contribution in [3.05, 3.63) is 11.6 Å². The minimum absolute atomic E-state index is 0.276. The first-order chi connectivity index (χ1) is 11.4. The van der Waals surface area contributed by atoms with Crippen molar-refractivity contribution in [1.29, 1.82) is 0 Å². The lowest BCUT2D eigenvalue weighted by Crippen LogP contribution is -2.36. The molecule has 0 aliphatic rings. The van der Waals surface area contributed by atoms with Crippen LogP contribution in [0.2, 0.25) is 0 Å². The van der Waals surface area contributed by atoms with E-state index >= 15 is 0 Å². The topological polar surface area (TPSA) is 0 Å². The van der Waals surface area contributed by atoms with E-state index in [2.05, 4.69) is 75.3 Å². The van der Waals surface area contributed by atoms with Crippen molar-refractivity contribution >= 4 is 0 Å². The van der Waals surface area contributed by atoms with Crippen molar-refractivity contribution in [2.24, 2.45) is 22.2 Å². The summed E-state index contributed by atoms with van der Waals surface area (Å²) in [6, 6.07) is 0. The molecule has 1 unspecified atom stereocenters. The highest BCUT2D eigenvalue weighted by Gasteiger charge is 2.39. The van der Waals surface area contributed by atoms with Gasteiger partial charge in [-0.15, -0.1) is 0 Å². The molecule has 0 aromatic heterocycles. The Bertz CT molecular complexity index is 381. The summed E-state index contributed by atoms with van der Waals surface area (Å²) in [5, 5.41) is 0. The molecule has 0 aromatic rings. The van der Waals surface area contributed by atoms with Crippen LogP contribution in [0, 0.1) is 22.2 Å². The van der Waals surface area contributed by atoms with Gasteiger partial charge in [0.1, 0.15) is 0 Å². The molecule has 0 bridgehead atoms. The zero-order chi connectivity index (χ0) is 19.7. The van der Waals surface area contributed by atoms with Crippen molar-refractivity contribution in [1.82, 2.24) is 0 Å². The minimum Gasteiger partial charge on any atom is -0.0794 e. The second-order valence-corrected chi connectivity index (χ2v) is 10.5. The molecule has 0 N–H and O–H groups in total. The van der Waals surface area contributed by atoms with Crippen molar-refractivity contribution in [2.45, 2.75) is 127 Å². The minimum atomic E-state index is 0.276. The Kier molecular flexibility index (Phi) is 10.7. The molecular weight excluding hydrogens is 300 g/mol. The Morgan fingerprint density at radius 1 is 0.800 bits per heavy atom. The molecular formula is C25H50. The molecule has 1 atom stereocenters. The van der Waals surface area contributed by atoms with Crippen molar-refractivity contribution in [3.63, 3.8) is 0 Å². The van der Waals surface area contributed by atoms with Gasteiger partial charge in [-0.1, -0.05) is 113 Å². The Balaban J connectivity index is 5.27. The fourth-order valence-electron chi connectivity index (χ4n) is 4.24. The second-order valence-electron chi connectivity index (χ2n) is 10.5. The largest absolute Gasteiger partial charge is 0.0794 e. The van der Waals surface area contributed by atoms with Crippen LogP contribution in [0.4, 0.5) is 0 Å². The maximum atomic E-state index is 2.67. The fourth-order valence-corrected chi connectivity index (χ4v) is 4.24. The van der Waals surface area contributed by atoms with Crippen LogP contribution < -0.4 is 0 Å². The normalized spacial score (nSPS) is 15.5. The maximum Gasteiger partial charge on any atom is -0.0167 e. The molecule has 0 saturated carbocycles. The van der Waals surface area contributed by atoms with Crippen LogP contribution in [0.3, 0.4) is 0 Å². The molecule has 0 amide bonds. The van der Waals surface area contributed by atoms with Gasteiger partial charge < -0.3 is 0 Å². The lowest BCUT2D eigenvalue weighted by Gasteiger charge is -2.45. The fraction of sp³-hybridized carbons (Fsp3) is 0.920. The molecule has 0 radical (unpaired) electrons. The molecule has 25 heavy (non-hydrogen) atoms. The van der Waals surface area contributed by atoms with Crippen LogP contribution in [-0.4, -0.2) is 0 Å². The number of rotatable bonds is 13. The van der Waals surface area contributed by atoms with Crippen molar-refractivity contribution in [3.8, 4) is 0 Å². The quantitative estimate of drug-likeness (QED) is 0.229. The predicted molar refractivity (Wildman–Crippen MR) is 117 cm³/mol. The number of unbranched alkanes of at least 4 members (excludes halogenated alkanes) is 3. The lowest BCUT2D eigenvalue weighted by atomic mass is 9.60. The molecule has 0 aromatic carbocycles. The van der Waals surface area contributed by atoms with Crippen LogP contribution in [0.15, 0.2) is 11.6 Å². The summed E-state index contributed by atoms with van der Waals surface area (Å²) in [6.07, 6.45) is 14.6. The first kappa shape index (κ1) is 24.7. The third kappa shape index (κ3) is 8.78. The van der Waals surface area contributed by atoms with E-state index in [0.717, 1.165) is 5.92 Å². The van der Waals surface area contributed by atoms with E-state index in [-0.39, 0.29) is 5.41 Å². The molecule has 0 aliphatic carbocycles. The summed E-state index contributed by atoms with van der Waals surface area (Å²) in [6.45, 7) is 24.2. The van der Waals surface area contributed by atoms with Gasteiger partial charge in [-0.2, -0.15) is 0 Å². The molecule has 0 spiro atoms. The smallest absolute Gasteiger partial charge is 0.0167 e. The SMILES string of the molecule is CCCCCCC(=CC(C)(C)CC(C)(C)C(C)(C)CC)C(C)CCC. The standard InChI is InChI=1S/C25H50/c1-11-14-15-16-18-22(21(4)17-12-2)19-23(5,6)20-25(9,10)24(7,8)13-3/h19,21H,11-18,20H2,1-10H3. The summed E-state index contributed by atoms with van der Waals surface area (Å²) in [5.74, 6) is 0.744. The summed E-state index contributed by atoms with van der Waals surface area (Å²) in [7, 11) is 0. The van der Waals surface area contributed by atoms with Gasteiger partial charge in [0.15, 0.2) is 0 Å². The summed E-state index contributed by atoms with van der Waals surface area (Å²) >= 11 is 0. The predicted octanol–water partition coefficient (Wildman–Crippen LogP) is 9.20. The Hall–Kier alpha value is -0.260. The zero-order valence-corrected chi connectivity index (χ0v) is 19.5. The highest BCUT2D eigenvalue weighted by Crippen LogP contribution is 2.49. The maximum absolute atomic E-state index is 2.67. The van der Waals surface area contributed by atoms with Crippen LogP contribution in [0.1, 0.15) is 127 Å². The van der Waals surface area contributed by atoms with Gasteiger partial charge in [0.25, 0.3) is 0 Å². The van der Waals surface area contributed by atoms with Crippen LogP contribution in [0.25, 0.3) is 0 Å². The molecule has 0 aliphatic heterocycles. The van der Waals surface area contributed by atoms with Gasteiger partial charge in [-0.3, -0.25) is 0 Å². The lowest BCUT2D eigenvalue weighted by molar-refractivity contribution is 0.0624. The van der Waals surface area contributed by atoms with Crippen LogP contribution in [-0.2, 0) is 0 Å². The first-order valence-corrected chi connectivity index (χ1v) is 11.1. The Morgan fingerprint density at radius 2 is 1.40 bits per heavy atom. The molecule has 0 saturated heterocycles. The van der Waals surface area contributed by atoms with E-state index in [0.29, 0.717) is 10.8 Å². The summed E-state index contributed by atoms with van der Waals surface area (Å²) in [5.41, 5.74) is 2.74. The van der Waals surface area contributed by atoms with E-state index in [9.17, 15) is 0 Å². The number of hydrogen-bond donors (Lipinski definition) is 0. The van der Waals surface area contributed by atoms with Crippen LogP contribution >= 0.6 is 0 Å². The Labute approximate surface area is 161 Å². The van der Waals surface area contributed by atoms with Gasteiger partial charge in [-0.25, -0.2) is 0 Å². The van der Waals surface area contributed by atoms with Gasteiger partial charge in [0.05, 0.1) is 0 Å².